The lowest BCUT2D eigenvalue weighted by Crippen LogP contribution is -2.39. The van der Waals surface area contributed by atoms with Gasteiger partial charge in [-0.2, -0.15) is 0 Å². The summed E-state index contributed by atoms with van der Waals surface area (Å²) in [4.78, 5) is 24.2. The Morgan fingerprint density at radius 2 is 2.00 bits per heavy atom. The zero-order valence-corrected chi connectivity index (χ0v) is 11.4. The molecule has 0 radical (unpaired) electrons. The number of hydrogen-bond donors (Lipinski definition) is 0. The Hall–Kier alpha value is -1.84. The molecule has 1 heterocycles. The lowest BCUT2D eigenvalue weighted by atomic mass is 9.88. The van der Waals surface area contributed by atoms with Crippen LogP contribution in [0.2, 0.25) is 0 Å². The standard InChI is InChI=1S/C15H18O4/c1-9(2)13(15(17)18-3)14(16)12-8-10-6-4-5-7-11(10)19-12/h4-7,9,12-13H,8H2,1-3H3. The van der Waals surface area contributed by atoms with Gasteiger partial charge < -0.3 is 9.47 Å². The van der Waals surface area contributed by atoms with Gasteiger partial charge in [0.15, 0.2) is 11.9 Å². The fraction of sp³-hybridized carbons (Fsp3) is 0.467. The molecule has 0 amide bonds. The van der Waals surface area contributed by atoms with Gasteiger partial charge in [-0.25, -0.2) is 0 Å². The summed E-state index contributed by atoms with van der Waals surface area (Å²) in [7, 11) is 1.30. The van der Waals surface area contributed by atoms with E-state index < -0.39 is 18.0 Å². The van der Waals surface area contributed by atoms with Gasteiger partial charge in [0, 0.05) is 6.42 Å². The Labute approximate surface area is 112 Å². The molecule has 0 aromatic heterocycles. The van der Waals surface area contributed by atoms with Crippen molar-refractivity contribution in [1.82, 2.24) is 0 Å². The number of rotatable bonds is 4. The van der Waals surface area contributed by atoms with Gasteiger partial charge >= 0.3 is 5.97 Å². The van der Waals surface area contributed by atoms with E-state index in [0.29, 0.717) is 6.42 Å². The van der Waals surface area contributed by atoms with Crippen molar-refractivity contribution in [3.63, 3.8) is 0 Å². The zero-order chi connectivity index (χ0) is 14.0. The molecule has 0 bridgehead atoms. The highest BCUT2D eigenvalue weighted by atomic mass is 16.5. The lowest BCUT2D eigenvalue weighted by molar-refractivity contribution is -0.153. The number of carbonyl (C=O) groups excluding carboxylic acids is 2. The Morgan fingerprint density at radius 3 is 2.58 bits per heavy atom. The Bertz CT molecular complexity index is 468. The average molecular weight is 262 g/mol. The molecule has 2 rings (SSSR count). The maximum absolute atomic E-state index is 12.4. The fourth-order valence-electron chi connectivity index (χ4n) is 2.38. The molecular weight excluding hydrogens is 244 g/mol. The minimum Gasteiger partial charge on any atom is -0.482 e. The fourth-order valence-corrected chi connectivity index (χ4v) is 2.38. The highest BCUT2D eigenvalue weighted by Crippen LogP contribution is 2.30. The SMILES string of the molecule is COC(=O)C(C(=O)C1Cc2ccccc2O1)C(C)C. The van der Waals surface area contributed by atoms with Gasteiger partial charge in [-0.15, -0.1) is 0 Å². The topological polar surface area (TPSA) is 52.6 Å². The van der Waals surface area contributed by atoms with Crippen molar-refractivity contribution in [2.45, 2.75) is 26.4 Å². The summed E-state index contributed by atoms with van der Waals surface area (Å²) in [6.45, 7) is 3.67. The molecule has 0 saturated heterocycles. The number of ether oxygens (including phenoxy) is 2. The van der Waals surface area contributed by atoms with Gasteiger partial charge in [0.1, 0.15) is 11.7 Å². The third-order valence-corrected chi connectivity index (χ3v) is 3.39. The average Bonchev–Trinajstić information content (AvgIpc) is 2.81. The van der Waals surface area contributed by atoms with Crippen LogP contribution >= 0.6 is 0 Å². The molecule has 1 aliphatic rings. The van der Waals surface area contributed by atoms with Crippen molar-refractivity contribution < 1.29 is 19.1 Å². The largest absolute Gasteiger partial charge is 0.482 e. The van der Waals surface area contributed by atoms with E-state index in [4.69, 9.17) is 9.47 Å². The van der Waals surface area contributed by atoms with E-state index in [2.05, 4.69) is 0 Å². The maximum Gasteiger partial charge on any atom is 0.316 e. The first-order valence-electron chi connectivity index (χ1n) is 6.40. The molecule has 0 spiro atoms. The van der Waals surface area contributed by atoms with E-state index in [1.807, 2.05) is 38.1 Å². The molecule has 102 valence electrons. The molecule has 4 heteroatoms. The number of hydrogen-bond acceptors (Lipinski definition) is 4. The minimum absolute atomic E-state index is 0.104. The summed E-state index contributed by atoms with van der Waals surface area (Å²) in [5.41, 5.74) is 1.01. The summed E-state index contributed by atoms with van der Waals surface area (Å²) in [5.74, 6) is -0.817. The number of para-hydroxylation sites is 1. The summed E-state index contributed by atoms with van der Waals surface area (Å²) in [5, 5.41) is 0. The predicted octanol–water partition coefficient (Wildman–Crippen LogP) is 2.00. The van der Waals surface area contributed by atoms with Crippen LogP contribution in [0.25, 0.3) is 0 Å². The number of methoxy groups -OCH3 is 1. The number of fused-ring (bicyclic) bond motifs is 1. The first-order valence-corrected chi connectivity index (χ1v) is 6.40. The summed E-state index contributed by atoms with van der Waals surface area (Å²) in [6, 6.07) is 7.55. The minimum atomic E-state index is -0.760. The monoisotopic (exact) mass is 262 g/mol. The van der Waals surface area contributed by atoms with Crippen LogP contribution in [-0.2, 0) is 20.7 Å². The summed E-state index contributed by atoms with van der Waals surface area (Å²) >= 11 is 0. The van der Waals surface area contributed by atoms with Crippen LogP contribution in [0.5, 0.6) is 5.75 Å². The third-order valence-electron chi connectivity index (χ3n) is 3.39. The first-order chi connectivity index (χ1) is 9.04. The molecule has 1 aromatic carbocycles. The van der Waals surface area contributed by atoms with Crippen LogP contribution in [0.1, 0.15) is 19.4 Å². The maximum atomic E-state index is 12.4. The zero-order valence-electron chi connectivity index (χ0n) is 11.4. The van der Waals surface area contributed by atoms with Gasteiger partial charge in [-0.3, -0.25) is 9.59 Å². The van der Waals surface area contributed by atoms with E-state index in [1.54, 1.807) is 0 Å². The van der Waals surface area contributed by atoms with Crippen LogP contribution in [0.4, 0.5) is 0 Å². The van der Waals surface area contributed by atoms with Gasteiger partial charge in [0.05, 0.1) is 7.11 Å². The van der Waals surface area contributed by atoms with E-state index in [0.717, 1.165) is 11.3 Å². The highest BCUT2D eigenvalue weighted by molar-refractivity contribution is 6.02. The lowest BCUT2D eigenvalue weighted by Gasteiger charge is -2.20. The van der Waals surface area contributed by atoms with Crippen molar-refractivity contribution >= 4 is 11.8 Å². The van der Waals surface area contributed by atoms with Crippen LogP contribution in [0, 0.1) is 11.8 Å². The molecule has 4 nitrogen and oxygen atoms in total. The van der Waals surface area contributed by atoms with Crippen LogP contribution in [-0.4, -0.2) is 25.0 Å². The number of esters is 1. The molecule has 19 heavy (non-hydrogen) atoms. The van der Waals surface area contributed by atoms with E-state index in [9.17, 15) is 9.59 Å². The van der Waals surface area contributed by atoms with Crippen molar-refractivity contribution in [3.05, 3.63) is 29.8 Å². The molecule has 2 unspecified atom stereocenters. The van der Waals surface area contributed by atoms with Crippen molar-refractivity contribution in [1.29, 1.82) is 0 Å². The van der Waals surface area contributed by atoms with E-state index >= 15 is 0 Å². The highest BCUT2D eigenvalue weighted by Gasteiger charge is 2.39. The summed E-state index contributed by atoms with van der Waals surface area (Å²) < 4.78 is 10.4. The second kappa shape index (κ2) is 5.43. The van der Waals surface area contributed by atoms with Gasteiger partial charge in [0.25, 0.3) is 0 Å². The Morgan fingerprint density at radius 1 is 1.32 bits per heavy atom. The molecule has 1 aromatic rings. The van der Waals surface area contributed by atoms with E-state index in [-0.39, 0.29) is 11.7 Å². The van der Waals surface area contributed by atoms with Crippen molar-refractivity contribution in [3.8, 4) is 5.75 Å². The number of ketones is 1. The molecule has 1 aliphatic heterocycles. The van der Waals surface area contributed by atoms with Gasteiger partial charge in [-0.1, -0.05) is 32.0 Å². The quantitative estimate of drug-likeness (QED) is 0.615. The van der Waals surface area contributed by atoms with Crippen LogP contribution in [0.3, 0.4) is 0 Å². The Balaban J connectivity index is 2.15. The molecular formula is C15H18O4. The van der Waals surface area contributed by atoms with Gasteiger partial charge in [-0.05, 0) is 17.5 Å². The van der Waals surface area contributed by atoms with Crippen molar-refractivity contribution in [2.24, 2.45) is 11.8 Å². The molecule has 0 saturated carbocycles. The third kappa shape index (κ3) is 2.62. The second-order valence-corrected chi connectivity index (χ2v) is 5.07. The second-order valence-electron chi connectivity index (χ2n) is 5.07. The molecule has 0 aliphatic carbocycles. The number of Topliss-reactive ketones (excluding diaryl/α,β-unsaturated/α-hetero) is 1. The summed E-state index contributed by atoms with van der Waals surface area (Å²) in [6.07, 6.45) is -0.0567. The normalized spacial score (nSPS) is 18.6. The van der Waals surface area contributed by atoms with E-state index in [1.165, 1.54) is 7.11 Å². The van der Waals surface area contributed by atoms with Crippen LogP contribution in [0.15, 0.2) is 24.3 Å². The number of benzene rings is 1. The predicted molar refractivity (Wildman–Crippen MR) is 69.9 cm³/mol. The number of carbonyl (C=O) groups is 2. The van der Waals surface area contributed by atoms with Crippen LogP contribution < -0.4 is 4.74 Å². The molecule has 0 fully saturated rings. The molecule has 0 N–H and O–H groups in total. The Kier molecular flexibility index (Phi) is 3.88. The first kappa shape index (κ1) is 13.6. The molecule has 2 atom stereocenters. The van der Waals surface area contributed by atoms with Gasteiger partial charge in [0.2, 0.25) is 0 Å². The smallest absolute Gasteiger partial charge is 0.316 e. The van der Waals surface area contributed by atoms with Crippen molar-refractivity contribution in [2.75, 3.05) is 7.11 Å².